The zero-order valence-electron chi connectivity index (χ0n) is 7.89. The van der Waals surface area contributed by atoms with Crippen molar-refractivity contribution in [3.8, 4) is 0 Å². The van der Waals surface area contributed by atoms with Gasteiger partial charge in [0.05, 0.1) is 6.54 Å². The molecule has 0 atom stereocenters. The number of hydrogen-bond acceptors (Lipinski definition) is 2. The van der Waals surface area contributed by atoms with E-state index < -0.39 is 0 Å². The lowest BCUT2D eigenvalue weighted by molar-refractivity contribution is 0.0957. The van der Waals surface area contributed by atoms with Gasteiger partial charge in [-0.25, -0.2) is 0 Å². The van der Waals surface area contributed by atoms with Crippen LogP contribution in [0.5, 0.6) is 0 Å². The number of rotatable bonds is 3. The second-order valence-electron chi connectivity index (χ2n) is 2.97. The van der Waals surface area contributed by atoms with E-state index in [0.29, 0.717) is 21.3 Å². The summed E-state index contributed by atoms with van der Waals surface area (Å²) in [5, 5.41) is 3.35. The smallest absolute Gasteiger partial charge is 0.251 e. The summed E-state index contributed by atoms with van der Waals surface area (Å²) in [6.07, 6.45) is 0. The van der Waals surface area contributed by atoms with Gasteiger partial charge in [0, 0.05) is 21.3 Å². The van der Waals surface area contributed by atoms with E-state index in [1.807, 2.05) is 0 Å². The lowest BCUT2D eigenvalue weighted by Crippen LogP contribution is -2.24. The maximum absolute atomic E-state index is 11.5. The molecular weight excluding hydrogens is 235 g/mol. The number of carbonyl (C=O) groups excluding carboxylic acids is 1. The number of benzene rings is 1. The minimum Gasteiger partial charge on any atom is -0.399 e. The van der Waals surface area contributed by atoms with Crippen LogP contribution in [0.4, 0.5) is 5.69 Å². The molecule has 1 aromatic carbocycles. The van der Waals surface area contributed by atoms with Crippen LogP contribution in [0.1, 0.15) is 10.4 Å². The Hall–Kier alpha value is -1.19. The highest BCUT2D eigenvalue weighted by molar-refractivity contribution is 6.31. The van der Waals surface area contributed by atoms with Gasteiger partial charge >= 0.3 is 0 Å². The Kier molecular flexibility index (Phi) is 4.00. The first-order chi connectivity index (χ1) is 6.99. The van der Waals surface area contributed by atoms with Crippen LogP contribution in [0.3, 0.4) is 0 Å². The Bertz CT molecular complexity index is 384. The second-order valence-corrected chi connectivity index (χ2v) is 3.94. The molecule has 1 aromatic rings. The number of halogens is 2. The molecule has 0 aliphatic carbocycles. The van der Waals surface area contributed by atoms with Gasteiger partial charge in [-0.3, -0.25) is 4.79 Å². The molecule has 3 N–H and O–H groups in total. The second kappa shape index (κ2) is 5.05. The van der Waals surface area contributed by atoms with E-state index in [4.69, 9.17) is 28.9 Å². The molecule has 80 valence electrons. The van der Waals surface area contributed by atoms with Crippen LogP contribution >= 0.6 is 23.2 Å². The number of amides is 1. The van der Waals surface area contributed by atoms with Gasteiger partial charge in [0.15, 0.2) is 0 Å². The Morgan fingerprint density at radius 3 is 2.67 bits per heavy atom. The van der Waals surface area contributed by atoms with Crippen molar-refractivity contribution < 1.29 is 4.79 Å². The predicted octanol–water partition coefficient (Wildman–Crippen LogP) is 2.40. The van der Waals surface area contributed by atoms with Gasteiger partial charge in [0.2, 0.25) is 0 Å². The van der Waals surface area contributed by atoms with Crippen molar-refractivity contribution >= 4 is 34.8 Å². The van der Waals surface area contributed by atoms with Gasteiger partial charge in [-0.05, 0) is 18.2 Å². The van der Waals surface area contributed by atoms with Crippen LogP contribution < -0.4 is 11.1 Å². The lowest BCUT2D eigenvalue weighted by Gasteiger charge is -2.05. The molecule has 0 aliphatic heterocycles. The molecule has 0 aromatic heterocycles. The van der Waals surface area contributed by atoms with Crippen LogP contribution in [0, 0.1) is 0 Å². The van der Waals surface area contributed by atoms with Crippen molar-refractivity contribution in [3.05, 3.63) is 40.4 Å². The van der Waals surface area contributed by atoms with Gasteiger partial charge in [0.1, 0.15) is 0 Å². The topological polar surface area (TPSA) is 55.1 Å². The van der Waals surface area contributed by atoms with Crippen LogP contribution in [0.2, 0.25) is 5.02 Å². The SMILES string of the molecule is C=C(Cl)CNC(=O)c1cc(N)cc(Cl)c1. The van der Waals surface area contributed by atoms with E-state index in [2.05, 4.69) is 11.9 Å². The molecule has 0 heterocycles. The lowest BCUT2D eigenvalue weighted by atomic mass is 10.2. The van der Waals surface area contributed by atoms with Gasteiger partial charge in [0.25, 0.3) is 5.91 Å². The molecule has 5 heteroatoms. The molecule has 1 amide bonds. The minimum atomic E-state index is -0.286. The van der Waals surface area contributed by atoms with Gasteiger partial charge in [-0.2, -0.15) is 0 Å². The number of carbonyl (C=O) groups is 1. The van der Waals surface area contributed by atoms with Crippen molar-refractivity contribution in [2.75, 3.05) is 12.3 Å². The molecule has 0 unspecified atom stereocenters. The van der Waals surface area contributed by atoms with E-state index in [0.717, 1.165) is 0 Å². The van der Waals surface area contributed by atoms with E-state index in [1.165, 1.54) is 12.1 Å². The number of nitrogen functional groups attached to an aromatic ring is 1. The molecule has 0 fully saturated rings. The summed E-state index contributed by atoms with van der Waals surface area (Å²) in [6, 6.07) is 4.64. The highest BCUT2D eigenvalue weighted by atomic mass is 35.5. The molecule has 3 nitrogen and oxygen atoms in total. The maximum atomic E-state index is 11.5. The van der Waals surface area contributed by atoms with E-state index in [1.54, 1.807) is 6.07 Å². The standard InChI is InChI=1S/C10H10Cl2N2O/c1-6(11)5-14-10(15)7-2-8(12)4-9(13)3-7/h2-4H,1,5,13H2,(H,14,15). The number of nitrogens with two attached hydrogens (primary N) is 1. The fourth-order valence-corrected chi connectivity index (χ4v) is 1.33. The first-order valence-electron chi connectivity index (χ1n) is 4.16. The minimum absolute atomic E-state index is 0.215. The third-order valence-corrected chi connectivity index (χ3v) is 1.97. The zero-order valence-corrected chi connectivity index (χ0v) is 9.40. The third kappa shape index (κ3) is 3.81. The molecule has 15 heavy (non-hydrogen) atoms. The van der Waals surface area contributed by atoms with Crippen LogP contribution in [-0.4, -0.2) is 12.5 Å². The fourth-order valence-electron chi connectivity index (χ4n) is 1.02. The Morgan fingerprint density at radius 1 is 1.47 bits per heavy atom. The molecule has 0 spiro atoms. The quantitative estimate of drug-likeness (QED) is 0.803. The van der Waals surface area contributed by atoms with E-state index in [-0.39, 0.29) is 12.5 Å². The molecular formula is C10H10Cl2N2O. The molecule has 0 saturated carbocycles. The summed E-state index contributed by atoms with van der Waals surface area (Å²) in [5.74, 6) is -0.286. The van der Waals surface area contributed by atoms with Crippen molar-refractivity contribution in [1.29, 1.82) is 0 Å². The number of nitrogens with one attached hydrogen (secondary N) is 1. The maximum Gasteiger partial charge on any atom is 0.251 e. The van der Waals surface area contributed by atoms with Crippen molar-refractivity contribution in [2.45, 2.75) is 0 Å². The van der Waals surface area contributed by atoms with E-state index in [9.17, 15) is 4.79 Å². The molecule has 1 rings (SSSR count). The third-order valence-electron chi connectivity index (χ3n) is 1.62. The molecule has 0 bridgehead atoms. The van der Waals surface area contributed by atoms with Gasteiger partial charge < -0.3 is 11.1 Å². The summed E-state index contributed by atoms with van der Waals surface area (Å²) < 4.78 is 0. The summed E-state index contributed by atoms with van der Waals surface area (Å²) in [5.41, 5.74) is 6.39. The first kappa shape index (κ1) is 11.9. The Balaban J connectivity index is 2.77. The average molecular weight is 245 g/mol. The highest BCUT2D eigenvalue weighted by Gasteiger charge is 2.06. The number of hydrogen-bond donors (Lipinski definition) is 2. The van der Waals surface area contributed by atoms with Crippen molar-refractivity contribution in [3.63, 3.8) is 0 Å². The summed E-state index contributed by atoms with van der Waals surface area (Å²) >= 11 is 11.3. The van der Waals surface area contributed by atoms with Gasteiger partial charge in [-0.15, -0.1) is 0 Å². The molecule has 0 radical (unpaired) electrons. The van der Waals surface area contributed by atoms with Crippen LogP contribution in [0.15, 0.2) is 29.8 Å². The molecule has 0 aliphatic rings. The summed E-state index contributed by atoms with van der Waals surface area (Å²) in [6.45, 7) is 3.67. The van der Waals surface area contributed by atoms with Crippen LogP contribution in [0.25, 0.3) is 0 Å². The average Bonchev–Trinajstić information content (AvgIpc) is 2.12. The van der Waals surface area contributed by atoms with E-state index >= 15 is 0 Å². The van der Waals surface area contributed by atoms with Crippen molar-refractivity contribution in [2.24, 2.45) is 0 Å². The van der Waals surface area contributed by atoms with Crippen LogP contribution in [-0.2, 0) is 0 Å². The number of anilines is 1. The van der Waals surface area contributed by atoms with Crippen molar-refractivity contribution in [1.82, 2.24) is 5.32 Å². The fraction of sp³-hybridized carbons (Fsp3) is 0.100. The van der Waals surface area contributed by atoms with Gasteiger partial charge in [-0.1, -0.05) is 29.8 Å². The summed E-state index contributed by atoms with van der Waals surface area (Å²) in [7, 11) is 0. The summed E-state index contributed by atoms with van der Waals surface area (Å²) in [4.78, 5) is 11.5. The predicted molar refractivity (Wildman–Crippen MR) is 63.2 cm³/mol. The first-order valence-corrected chi connectivity index (χ1v) is 4.92. The monoisotopic (exact) mass is 244 g/mol. The largest absolute Gasteiger partial charge is 0.399 e. The molecule has 0 saturated heterocycles. The normalized spacial score (nSPS) is 9.73. The Labute approximate surface area is 97.9 Å². The highest BCUT2D eigenvalue weighted by Crippen LogP contribution is 2.16. The zero-order chi connectivity index (χ0) is 11.4. The Morgan fingerprint density at radius 2 is 2.13 bits per heavy atom.